The molecular formula is C80H56N4. The van der Waals surface area contributed by atoms with E-state index in [1.807, 2.05) is 0 Å². The lowest BCUT2D eigenvalue weighted by Gasteiger charge is -2.25. The maximum absolute atomic E-state index is 5.65. The van der Waals surface area contributed by atoms with Gasteiger partial charge in [-0.15, -0.1) is 0 Å². The maximum Gasteiger partial charge on any atom is 0.159 e. The molecule has 0 saturated carbocycles. The number of hydrogen-bond donors (Lipinski definition) is 1. The van der Waals surface area contributed by atoms with Gasteiger partial charge in [0.15, 0.2) is 5.84 Å². The lowest BCUT2D eigenvalue weighted by atomic mass is 9.83. The first kappa shape index (κ1) is 51.1. The number of aliphatic imine (C=N–C) groups is 2. The Morgan fingerprint density at radius 1 is 0.226 bits per heavy atom. The molecule has 12 aromatic carbocycles. The molecule has 13 aromatic rings. The van der Waals surface area contributed by atoms with E-state index < -0.39 is 6.17 Å². The first-order valence-corrected chi connectivity index (χ1v) is 28.6. The summed E-state index contributed by atoms with van der Waals surface area (Å²) < 4.78 is 0. The van der Waals surface area contributed by atoms with Gasteiger partial charge in [0.05, 0.1) is 11.4 Å². The van der Waals surface area contributed by atoms with Crippen molar-refractivity contribution in [3.63, 3.8) is 0 Å². The molecule has 0 saturated heterocycles. The molecule has 0 spiro atoms. The van der Waals surface area contributed by atoms with Crippen LogP contribution in [-0.2, 0) is 0 Å². The molecule has 1 aromatic heterocycles. The summed E-state index contributed by atoms with van der Waals surface area (Å²) in [5.41, 5.74) is 24.7. The molecule has 1 unspecified atom stereocenters. The molecule has 396 valence electrons. The van der Waals surface area contributed by atoms with E-state index in [1.54, 1.807) is 0 Å². The molecular weight excluding hydrogens is 1020 g/mol. The van der Waals surface area contributed by atoms with Gasteiger partial charge in [0.2, 0.25) is 0 Å². The summed E-state index contributed by atoms with van der Waals surface area (Å²) in [5.74, 6) is 1.40. The molecule has 0 radical (unpaired) electrons. The summed E-state index contributed by atoms with van der Waals surface area (Å²) in [4.78, 5) is 16.6. The molecule has 1 atom stereocenters. The van der Waals surface area contributed by atoms with Gasteiger partial charge in [-0.05, 0) is 114 Å². The second-order valence-corrected chi connectivity index (χ2v) is 21.1. The highest BCUT2D eigenvalue weighted by atomic mass is 15.2. The van der Waals surface area contributed by atoms with E-state index in [0.29, 0.717) is 5.84 Å². The Balaban J connectivity index is 0.887. The largest absolute Gasteiger partial charge is 0.344 e. The van der Waals surface area contributed by atoms with Gasteiger partial charge in [-0.25, -0.2) is 15.0 Å². The second kappa shape index (κ2) is 23.2. The third kappa shape index (κ3) is 10.6. The molecule has 0 bridgehead atoms. The lowest BCUT2D eigenvalue weighted by molar-refractivity contribution is 0.674. The number of rotatable bonds is 13. The van der Waals surface area contributed by atoms with Gasteiger partial charge in [-0.3, -0.25) is 0 Å². The number of pyridine rings is 1. The number of benzene rings is 12. The van der Waals surface area contributed by atoms with Crippen LogP contribution < -0.4 is 5.32 Å². The van der Waals surface area contributed by atoms with E-state index in [-0.39, 0.29) is 0 Å². The van der Waals surface area contributed by atoms with Gasteiger partial charge in [0, 0.05) is 38.9 Å². The summed E-state index contributed by atoms with van der Waals surface area (Å²) in [6.45, 7) is 0. The third-order valence-corrected chi connectivity index (χ3v) is 15.7. The van der Waals surface area contributed by atoms with Crippen molar-refractivity contribution in [1.82, 2.24) is 10.3 Å². The maximum atomic E-state index is 5.65. The Bertz CT molecular complexity index is 4260. The highest BCUT2D eigenvalue weighted by Gasteiger charge is 2.27. The monoisotopic (exact) mass is 1070 g/mol. The van der Waals surface area contributed by atoms with Crippen LogP contribution in [0.3, 0.4) is 0 Å². The van der Waals surface area contributed by atoms with E-state index in [9.17, 15) is 0 Å². The van der Waals surface area contributed by atoms with Crippen molar-refractivity contribution in [3.05, 3.63) is 344 Å². The van der Waals surface area contributed by atoms with E-state index in [4.69, 9.17) is 15.0 Å². The number of aromatic nitrogens is 1. The Morgan fingerprint density at radius 2 is 0.500 bits per heavy atom. The zero-order valence-corrected chi connectivity index (χ0v) is 46.1. The first-order valence-electron chi connectivity index (χ1n) is 28.6. The summed E-state index contributed by atoms with van der Waals surface area (Å²) >= 11 is 0. The minimum Gasteiger partial charge on any atom is -0.344 e. The molecule has 0 fully saturated rings. The van der Waals surface area contributed by atoms with Crippen molar-refractivity contribution in [2.45, 2.75) is 6.17 Å². The van der Waals surface area contributed by atoms with Crippen LogP contribution >= 0.6 is 0 Å². The number of amidine groups is 2. The molecule has 0 aliphatic carbocycles. The summed E-state index contributed by atoms with van der Waals surface area (Å²) in [5, 5.41) is 3.85. The quantitative estimate of drug-likeness (QED) is 0.125. The standard InChI is InChI=1S/C80H56N4/c1-9-25-55(26-10-1)67-49-68(56-27-11-2-12-28-56)52-71(51-67)79-82-78(83-80(84-79)72-53-69(57-29-13-3-14-30-57)50-70(54-72)58-31-15-4-16-32-58)66-47-43-60(44-48-66)59-41-45-63(46-42-59)73-74(61-33-17-5-18-34-61)76(64-37-21-7-22-38-64)81-77(65-39-23-8-24-40-65)75(73)62-35-19-6-20-36-62/h1-54,78H,(H,82,83,84). The molecule has 4 nitrogen and oxygen atoms in total. The molecule has 1 N–H and O–H groups in total. The molecule has 84 heavy (non-hydrogen) atoms. The Morgan fingerprint density at radius 3 is 0.869 bits per heavy atom. The van der Waals surface area contributed by atoms with Gasteiger partial charge >= 0.3 is 0 Å². The van der Waals surface area contributed by atoms with Crippen LogP contribution in [0.25, 0.3) is 112 Å². The highest BCUT2D eigenvalue weighted by molar-refractivity contribution is 6.14. The first-order chi connectivity index (χ1) is 41.6. The van der Waals surface area contributed by atoms with Gasteiger partial charge < -0.3 is 5.32 Å². The van der Waals surface area contributed by atoms with Gasteiger partial charge in [-0.1, -0.05) is 291 Å². The predicted molar refractivity (Wildman–Crippen MR) is 350 cm³/mol. The number of hydrogen-bond acceptors (Lipinski definition) is 4. The highest BCUT2D eigenvalue weighted by Crippen LogP contribution is 2.49. The van der Waals surface area contributed by atoms with E-state index >= 15 is 0 Å². The molecule has 2 heterocycles. The summed E-state index contributed by atoms with van der Waals surface area (Å²) in [6, 6.07) is 116. The average molecular weight is 1070 g/mol. The predicted octanol–water partition coefficient (Wildman–Crippen LogP) is 20.2. The molecule has 1 aliphatic rings. The van der Waals surface area contributed by atoms with Gasteiger partial charge in [-0.2, -0.15) is 0 Å². The van der Waals surface area contributed by atoms with Crippen molar-refractivity contribution < 1.29 is 0 Å². The van der Waals surface area contributed by atoms with Crippen LogP contribution in [-0.4, -0.2) is 16.7 Å². The van der Waals surface area contributed by atoms with Gasteiger partial charge in [0.25, 0.3) is 0 Å². The van der Waals surface area contributed by atoms with Crippen LogP contribution in [0.2, 0.25) is 0 Å². The zero-order valence-electron chi connectivity index (χ0n) is 46.1. The number of nitrogens with zero attached hydrogens (tertiary/aromatic N) is 3. The zero-order chi connectivity index (χ0) is 56.0. The summed E-state index contributed by atoms with van der Waals surface area (Å²) in [6.07, 6.45) is -0.456. The molecule has 0 amide bonds. The number of nitrogens with one attached hydrogen (secondary N) is 1. The fourth-order valence-electron chi connectivity index (χ4n) is 11.5. The molecule has 14 rings (SSSR count). The van der Waals surface area contributed by atoms with Crippen LogP contribution in [0.1, 0.15) is 22.9 Å². The fraction of sp³-hybridized carbons (Fsp3) is 0.0125. The Kier molecular flexibility index (Phi) is 14.1. The van der Waals surface area contributed by atoms with Crippen molar-refractivity contribution in [3.8, 4) is 112 Å². The fourth-order valence-corrected chi connectivity index (χ4v) is 11.5. The molecule has 4 heteroatoms. The normalized spacial score (nSPS) is 12.9. The smallest absolute Gasteiger partial charge is 0.159 e. The van der Waals surface area contributed by atoms with E-state index in [0.717, 1.165) is 134 Å². The lowest BCUT2D eigenvalue weighted by Crippen LogP contribution is -2.33. The second-order valence-electron chi connectivity index (χ2n) is 21.1. The van der Waals surface area contributed by atoms with Crippen LogP contribution in [0.15, 0.2) is 338 Å². The molecule has 1 aliphatic heterocycles. The minimum atomic E-state index is -0.456. The van der Waals surface area contributed by atoms with Gasteiger partial charge in [0.1, 0.15) is 12.0 Å². The van der Waals surface area contributed by atoms with Crippen LogP contribution in [0.4, 0.5) is 0 Å². The van der Waals surface area contributed by atoms with Crippen molar-refractivity contribution in [1.29, 1.82) is 0 Å². The van der Waals surface area contributed by atoms with Crippen LogP contribution in [0.5, 0.6) is 0 Å². The minimum absolute atomic E-state index is 0.456. The van der Waals surface area contributed by atoms with Crippen molar-refractivity contribution in [2.24, 2.45) is 9.98 Å². The summed E-state index contributed by atoms with van der Waals surface area (Å²) in [7, 11) is 0. The third-order valence-electron chi connectivity index (χ3n) is 15.7. The van der Waals surface area contributed by atoms with E-state index in [1.165, 1.54) is 0 Å². The SMILES string of the molecule is c1ccc(-c2cc(C3=NC(c4ccc(-c5ccc(-c6c(-c7ccccc7)c(-c7ccccc7)nc(-c7ccccc7)c6-c6ccccc6)cc5)cc4)NC(c4cc(-c5ccccc5)cc(-c5ccccc5)c4)=N3)cc(-c3ccccc3)c2)cc1. The van der Waals surface area contributed by atoms with Crippen LogP contribution in [0, 0.1) is 0 Å². The topological polar surface area (TPSA) is 49.6 Å². The average Bonchev–Trinajstić information content (AvgIpc) is 2.25. The van der Waals surface area contributed by atoms with E-state index in [2.05, 4.69) is 333 Å². The Hall–Kier alpha value is -11.1. The Labute approximate surface area is 491 Å². The van der Waals surface area contributed by atoms with Crippen molar-refractivity contribution >= 4 is 11.7 Å². The van der Waals surface area contributed by atoms with Crippen molar-refractivity contribution in [2.75, 3.05) is 0 Å².